The lowest BCUT2D eigenvalue weighted by atomic mass is 10.6. The lowest BCUT2D eigenvalue weighted by Crippen LogP contribution is -2.10. The largest absolute Gasteiger partial charge is 0.349 e. The van der Waals surface area contributed by atoms with E-state index in [1.807, 2.05) is 0 Å². The van der Waals surface area contributed by atoms with Crippen LogP contribution in [0.2, 0.25) is 5.28 Å². The fraction of sp³-hybridized carbons (Fsp3) is 0.125. The highest BCUT2D eigenvalue weighted by atomic mass is 79.9. The normalized spacial score (nSPS) is 10.2. The molecule has 9 heteroatoms. The molecule has 1 N–H and O–H groups in total. The second-order valence-electron chi connectivity index (χ2n) is 2.94. The van der Waals surface area contributed by atoms with Crippen molar-refractivity contribution in [1.29, 1.82) is 0 Å². The summed E-state index contributed by atoms with van der Waals surface area (Å²) in [7, 11) is 0. The molecule has 0 fully saturated rings. The van der Waals surface area contributed by atoms with Crippen molar-refractivity contribution >= 4 is 33.5 Å². The minimum atomic E-state index is 0.0770. The summed E-state index contributed by atoms with van der Waals surface area (Å²) in [6.45, 7) is 4.17. The van der Waals surface area contributed by atoms with Crippen molar-refractivity contribution in [3.05, 3.63) is 29.0 Å². The molecule has 0 aliphatic rings. The first-order chi connectivity index (χ1) is 8.15. The third-order valence-electron chi connectivity index (χ3n) is 1.66. The number of hydrogen-bond acceptors (Lipinski definition) is 6. The maximum atomic E-state index is 5.78. The SMILES string of the molecule is C=C(Br)CNc1nc(Cl)nc(-n2cncn2)n1. The lowest BCUT2D eigenvalue weighted by molar-refractivity contribution is 0.795. The summed E-state index contributed by atoms with van der Waals surface area (Å²) in [6, 6.07) is 0. The number of nitrogens with one attached hydrogen (secondary N) is 1. The van der Waals surface area contributed by atoms with Crippen LogP contribution in [-0.4, -0.2) is 36.3 Å². The molecule has 0 aliphatic heterocycles. The van der Waals surface area contributed by atoms with Gasteiger partial charge in [0, 0.05) is 11.0 Å². The lowest BCUT2D eigenvalue weighted by Gasteiger charge is -2.05. The highest BCUT2D eigenvalue weighted by molar-refractivity contribution is 9.11. The number of aromatic nitrogens is 6. The molecular weight excluding hydrogens is 309 g/mol. The standard InChI is InChI=1S/C8H7BrClN7/c1-5(9)2-12-7-14-6(10)15-8(16-7)17-4-11-3-13-17/h3-4H,1-2H2,(H,12,14,15,16). The Hall–Kier alpha value is -1.54. The number of halogens is 2. The van der Waals surface area contributed by atoms with Crippen LogP contribution in [0.5, 0.6) is 0 Å². The van der Waals surface area contributed by atoms with Gasteiger partial charge >= 0.3 is 0 Å². The minimum absolute atomic E-state index is 0.0770. The van der Waals surface area contributed by atoms with Gasteiger partial charge in [-0.05, 0) is 11.6 Å². The molecule has 17 heavy (non-hydrogen) atoms. The molecule has 2 aromatic rings. The maximum Gasteiger partial charge on any atom is 0.258 e. The van der Waals surface area contributed by atoms with E-state index in [0.29, 0.717) is 18.4 Å². The van der Waals surface area contributed by atoms with E-state index in [-0.39, 0.29) is 5.28 Å². The van der Waals surface area contributed by atoms with Crippen molar-refractivity contribution in [2.24, 2.45) is 0 Å². The molecule has 0 spiro atoms. The summed E-state index contributed by atoms with van der Waals surface area (Å²) in [4.78, 5) is 15.8. The summed E-state index contributed by atoms with van der Waals surface area (Å²) in [5.74, 6) is 0.640. The Morgan fingerprint density at radius 1 is 1.47 bits per heavy atom. The molecule has 0 saturated heterocycles. The van der Waals surface area contributed by atoms with Gasteiger partial charge in [0.15, 0.2) is 0 Å². The maximum absolute atomic E-state index is 5.78. The van der Waals surface area contributed by atoms with Crippen molar-refractivity contribution in [2.75, 3.05) is 11.9 Å². The third-order valence-corrected chi connectivity index (χ3v) is 2.11. The molecule has 2 rings (SSSR count). The van der Waals surface area contributed by atoms with Gasteiger partial charge in [-0.25, -0.2) is 4.98 Å². The van der Waals surface area contributed by atoms with Crippen LogP contribution in [0.25, 0.3) is 5.95 Å². The van der Waals surface area contributed by atoms with Gasteiger partial charge in [0.25, 0.3) is 5.95 Å². The predicted octanol–water partition coefficient (Wildman–Crippen LogP) is 1.43. The number of anilines is 1. The Balaban J connectivity index is 2.26. The molecule has 7 nitrogen and oxygen atoms in total. The molecule has 0 bridgehead atoms. The quantitative estimate of drug-likeness (QED) is 0.919. The van der Waals surface area contributed by atoms with Gasteiger partial charge in [-0.1, -0.05) is 22.5 Å². The van der Waals surface area contributed by atoms with Crippen LogP contribution in [0, 0.1) is 0 Å². The van der Waals surface area contributed by atoms with Crippen LogP contribution in [0.1, 0.15) is 0 Å². The summed E-state index contributed by atoms with van der Waals surface area (Å²) in [6.07, 6.45) is 2.85. The Morgan fingerprint density at radius 2 is 2.29 bits per heavy atom. The average Bonchev–Trinajstić information content (AvgIpc) is 2.79. The highest BCUT2D eigenvalue weighted by Gasteiger charge is 2.07. The van der Waals surface area contributed by atoms with Crippen LogP contribution in [0.4, 0.5) is 5.95 Å². The molecule has 0 radical (unpaired) electrons. The van der Waals surface area contributed by atoms with E-state index in [1.54, 1.807) is 0 Å². The van der Waals surface area contributed by atoms with Crippen LogP contribution in [0.15, 0.2) is 23.7 Å². The molecule has 0 amide bonds. The van der Waals surface area contributed by atoms with Gasteiger partial charge < -0.3 is 5.32 Å². The molecule has 0 atom stereocenters. The topological polar surface area (TPSA) is 81.4 Å². The minimum Gasteiger partial charge on any atom is -0.349 e. The van der Waals surface area contributed by atoms with Crippen molar-refractivity contribution in [3.63, 3.8) is 0 Å². The van der Waals surface area contributed by atoms with Gasteiger partial charge in [-0.15, -0.1) is 0 Å². The average molecular weight is 317 g/mol. The van der Waals surface area contributed by atoms with Crippen molar-refractivity contribution in [3.8, 4) is 5.95 Å². The summed E-state index contributed by atoms with van der Waals surface area (Å²) >= 11 is 9.00. The third kappa shape index (κ3) is 3.21. The van der Waals surface area contributed by atoms with Crippen LogP contribution in [0.3, 0.4) is 0 Å². The first kappa shape index (κ1) is 11.9. The van der Waals surface area contributed by atoms with E-state index in [1.165, 1.54) is 17.3 Å². The van der Waals surface area contributed by atoms with Crippen LogP contribution < -0.4 is 5.32 Å². The van der Waals surface area contributed by atoms with E-state index in [0.717, 1.165) is 4.48 Å². The Morgan fingerprint density at radius 3 is 2.94 bits per heavy atom. The predicted molar refractivity (Wildman–Crippen MR) is 66.3 cm³/mol. The Bertz CT molecular complexity index is 527. The van der Waals surface area contributed by atoms with E-state index in [2.05, 4.69) is 52.9 Å². The smallest absolute Gasteiger partial charge is 0.258 e. The second-order valence-corrected chi connectivity index (χ2v) is 4.40. The zero-order chi connectivity index (χ0) is 12.3. The second kappa shape index (κ2) is 5.19. The monoisotopic (exact) mass is 315 g/mol. The molecule has 2 aromatic heterocycles. The molecule has 0 aliphatic carbocycles. The van der Waals surface area contributed by atoms with E-state index >= 15 is 0 Å². The summed E-state index contributed by atoms with van der Waals surface area (Å²) in [5, 5.41) is 6.91. The van der Waals surface area contributed by atoms with Gasteiger partial charge in [-0.2, -0.15) is 24.7 Å². The van der Waals surface area contributed by atoms with E-state index in [9.17, 15) is 0 Å². The van der Waals surface area contributed by atoms with Crippen molar-refractivity contribution in [2.45, 2.75) is 0 Å². The number of hydrogen-bond donors (Lipinski definition) is 1. The Kier molecular flexibility index (Phi) is 3.64. The Labute approximate surface area is 110 Å². The summed E-state index contributed by atoms with van der Waals surface area (Å²) in [5.41, 5.74) is 0. The van der Waals surface area contributed by atoms with Gasteiger partial charge in [0.05, 0.1) is 0 Å². The molecule has 0 aromatic carbocycles. The summed E-state index contributed by atoms with van der Waals surface area (Å²) < 4.78 is 2.16. The van der Waals surface area contributed by atoms with E-state index < -0.39 is 0 Å². The fourth-order valence-electron chi connectivity index (χ4n) is 1.01. The molecule has 0 saturated carbocycles. The van der Waals surface area contributed by atoms with Crippen molar-refractivity contribution < 1.29 is 0 Å². The first-order valence-electron chi connectivity index (χ1n) is 4.49. The van der Waals surface area contributed by atoms with Crippen LogP contribution >= 0.6 is 27.5 Å². The molecule has 88 valence electrons. The van der Waals surface area contributed by atoms with Gasteiger partial charge in [0.1, 0.15) is 12.7 Å². The van der Waals surface area contributed by atoms with E-state index in [4.69, 9.17) is 11.6 Å². The fourth-order valence-corrected chi connectivity index (χ4v) is 1.30. The number of nitrogens with zero attached hydrogens (tertiary/aromatic N) is 6. The van der Waals surface area contributed by atoms with Gasteiger partial charge in [-0.3, -0.25) is 0 Å². The molecule has 2 heterocycles. The van der Waals surface area contributed by atoms with Crippen molar-refractivity contribution in [1.82, 2.24) is 29.7 Å². The van der Waals surface area contributed by atoms with Gasteiger partial charge in [0.2, 0.25) is 11.2 Å². The highest BCUT2D eigenvalue weighted by Crippen LogP contribution is 2.09. The first-order valence-corrected chi connectivity index (χ1v) is 5.66. The van der Waals surface area contributed by atoms with Crippen LogP contribution in [-0.2, 0) is 0 Å². The number of rotatable bonds is 4. The molecule has 0 unspecified atom stereocenters. The zero-order valence-corrected chi connectivity index (χ0v) is 10.9. The zero-order valence-electron chi connectivity index (χ0n) is 8.51. The molecular formula is C8H7BrClN7.